The highest BCUT2D eigenvalue weighted by molar-refractivity contribution is 7.94. The number of rotatable bonds is 3. The van der Waals surface area contributed by atoms with Crippen LogP contribution in [0.5, 0.6) is 0 Å². The first-order valence-electron chi connectivity index (χ1n) is 6.99. The van der Waals surface area contributed by atoms with Crippen LogP contribution >= 0.6 is 0 Å². The number of nitrogens with zero attached hydrogens (tertiary/aromatic N) is 2. The van der Waals surface area contributed by atoms with Crippen molar-refractivity contribution in [2.75, 3.05) is 15.2 Å². The molecule has 0 amide bonds. The SMILES string of the molecule is CCN1c2ccccc2N(Cc2ccc(C)cc2)S1(=O)=O. The van der Waals surface area contributed by atoms with Crippen molar-refractivity contribution in [2.45, 2.75) is 20.4 Å². The lowest BCUT2D eigenvalue weighted by atomic mass is 10.1. The standard InChI is InChI=1S/C16H18N2O2S/c1-3-17-15-6-4-5-7-16(15)18(21(17,19)20)12-14-10-8-13(2)9-11-14/h4-11H,3,12H2,1-2H3. The van der Waals surface area contributed by atoms with E-state index < -0.39 is 10.2 Å². The smallest absolute Gasteiger partial charge is 0.251 e. The van der Waals surface area contributed by atoms with Gasteiger partial charge in [-0.25, -0.2) is 4.31 Å². The molecule has 0 unspecified atom stereocenters. The molecule has 0 atom stereocenters. The first-order chi connectivity index (χ1) is 10.0. The van der Waals surface area contributed by atoms with Gasteiger partial charge in [0.05, 0.1) is 17.9 Å². The van der Waals surface area contributed by atoms with Gasteiger partial charge in [0.1, 0.15) is 0 Å². The Kier molecular flexibility index (Phi) is 3.37. The predicted molar refractivity (Wildman–Crippen MR) is 85.7 cm³/mol. The topological polar surface area (TPSA) is 40.6 Å². The molecule has 0 bridgehead atoms. The first kappa shape index (κ1) is 13.9. The van der Waals surface area contributed by atoms with Crippen LogP contribution in [0.25, 0.3) is 0 Å². The zero-order chi connectivity index (χ0) is 15.0. The van der Waals surface area contributed by atoms with Crippen LogP contribution in [0.4, 0.5) is 11.4 Å². The summed E-state index contributed by atoms with van der Waals surface area (Å²) >= 11 is 0. The van der Waals surface area contributed by atoms with E-state index in [1.807, 2.05) is 62.4 Å². The van der Waals surface area contributed by atoms with Crippen molar-refractivity contribution in [3.05, 3.63) is 59.7 Å². The number of anilines is 2. The maximum absolute atomic E-state index is 12.7. The molecule has 0 saturated heterocycles. The molecule has 0 radical (unpaired) electrons. The number of benzene rings is 2. The molecule has 1 aliphatic rings. The Hall–Kier alpha value is -2.01. The molecule has 110 valence electrons. The molecule has 0 fully saturated rings. The molecule has 1 aliphatic heterocycles. The minimum absolute atomic E-state index is 0.357. The van der Waals surface area contributed by atoms with Crippen LogP contribution < -0.4 is 8.61 Å². The third-order valence-electron chi connectivity index (χ3n) is 3.71. The minimum Gasteiger partial charge on any atom is -0.251 e. The van der Waals surface area contributed by atoms with Gasteiger partial charge in [-0.05, 0) is 31.5 Å². The molecule has 21 heavy (non-hydrogen) atoms. The van der Waals surface area contributed by atoms with E-state index in [-0.39, 0.29) is 0 Å². The minimum atomic E-state index is -3.48. The van der Waals surface area contributed by atoms with E-state index in [0.717, 1.165) is 16.9 Å². The van der Waals surface area contributed by atoms with Crippen molar-refractivity contribution in [1.29, 1.82) is 0 Å². The van der Waals surface area contributed by atoms with Crippen LogP contribution in [0.1, 0.15) is 18.1 Å². The Bertz CT molecular complexity index is 754. The second-order valence-corrected chi connectivity index (χ2v) is 6.93. The highest BCUT2D eigenvalue weighted by Crippen LogP contribution is 2.41. The third kappa shape index (κ3) is 2.27. The summed E-state index contributed by atoms with van der Waals surface area (Å²) in [6.07, 6.45) is 0. The van der Waals surface area contributed by atoms with Crippen LogP contribution in [-0.4, -0.2) is 15.0 Å². The number of para-hydroxylation sites is 2. The van der Waals surface area contributed by atoms with E-state index in [4.69, 9.17) is 0 Å². The Morgan fingerprint density at radius 2 is 1.48 bits per heavy atom. The van der Waals surface area contributed by atoms with Gasteiger partial charge in [0.2, 0.25) is 0 Å². The second-order valence-electron chi connectivity index (χ2n) is 5.15. The molecular weight excluding hydrogens is 284 g/mol. The molecule has 0 aliphatic carbocycles. The lowest BCUT2D eigenvalue weighted by Crippen LogP contribution is -2.37. The highest BCUT2D eigenvalue weighted by Gasteiger charge is 2.38. The number of hydrogen-bond donors (Lipinski definition) is 0. The van der Waals surface area contributed by atoms with E-state index in [1.165, 1.54) is 14.2 Å². The lowest BCUT2D eigenvalue weighted by molar-refractivity contribution is 0.589. The first-order valence-corrected chi connectivity index (χ1v) is 8.38. The fraction of sp³-hybridized carbons (Fsp3) is 0.250. The summed E-state index contributed by atoms with van der Waals surface area (Å²) in [5.74, 6) is 0. The monoisotopic (exact) mass is 302 g/mol. The van der Waals surface area contributed by atoms with Crippen LogP contribution in [0.3, 0.4) is 0 Å². The maximum atomic E-state index is 12.7. The lowest BCUT2D eigenvalue weighted by Gasteiger charge is -2.20. The van der Waals surface area contributed by atoms with Crippen molar-refractivity contribution >= 4 is 21.6 Å². The van der Waals surface area contributed by atoms with Gasteiger partial charge in [0.15, 0.2) is 0 Å². The molecular formula is C16H18N2O2S. The summed E-state index contributed by atoms with van der Waals surface area (Å²) in [5.41, 5.74) is 3.66. The van der Waals surface area contributed by atoms with Gasteiger partial charge in [-0.15, -0.1) is 0 Å². The van der Waals surface area contributed by atoms with Crippen molar-refractivity contribution in [2.24, 2.45) is 0 Å². The van der Waals surface area contributed by atoms with Gasteiger partial charge in [0.25, 0.3) is 0 Å². The Morgan fingerprint density at radius 1 is 0.905 bits per heavy atom. The quantitative estimate of drug-likeness (QED) is 0.874. The fourth-order valence-electron chi connectivity index (χ4n) is 2.61. The van der Waals surface area contributed by atoms with E-state index >= 15 is 0 Å². The average molecular weight is 302 g/mol. The van der Waals surface area contributed by atoms with E-state index in [9.17, 15) is 8.42 Å². The molecule has 3 rings (SSSR count). The largest absolute Gasteiger partial charge is 0.326 e. The van der Waals surface area contributed by atoms with Gasteiger partial charge in [0, 0.05) is 6.54 Å². The highest BCUT2D eigenvalue weighted by atomic mass is 32.2. The summed E-state index contributed by atoms with van der Waals surface area (Å²) in [7, 11) is -3.48. The molecule has 5 heteroatoms. The number of fused-ring (bicyclic) bond motifs is 1. The zero-order valence-corrected chi connectivity index (χ0v) is 13.0. The van der Waals surface area contributed by atoms with Crippen LogP contribution in [-0.2, 0) is 16.8 Å². The van der Waals surface area contributed by atoms with E-state index in [1.54, 1.807) is 0 Å². The molecule has 2 aromatic carbocycles. The third-order valence-corrected chi connectivity index (χ3v) is 5.60. The average Bonchev–Trinajstić information content (AvgIpc) is 2.68. The molecule has 4 nitrogen and oxygen atoms in total. The van der Waals surface area contributed by atoms with Gasteiger partial charge in [-0.1, -0.05) is 42.0 Å². The van der Waals surface area contributed by atoms with Crippen LogP contribution in [0.2, 0.25) is 0 Å². The number of hydrogen-bond acceptors (Lipinski definition) is 2. The normalized spacial score (nSPS) is 16.1. The zero-order valence-electron chi connectivity index (χ0n) is 12.2. The summed E-state index contributed by atoms with van der Waals surface area (Å²) < 4.78 is 28.3. The summed E-state index contributed by atoms with van der Waals surface area (Å²) in [5, 5.41) is 0. The molecule has 1 heterocycles. The Morgan fingerprint density at radius 3 is 2.05 bits per heavy atom. The van der Waals surface area contributed by atoms with Crippen molar-refractivity contribution < 1.29 is 8.42 Å². The fourth-order valence-corrected chi connectivity index (χ4v) is 4.30. The molecule has 2 aromatic rings. The van der Waals surface area contributed by atoms with Gasteiger partial charge >= 0.3 is 10.2 Å². The van der Waals surface area contributed by atoms with E-state index in [0.29, 0.717) is 13.1 Å². The summed E-state index contributed by atoms with van der Waals surface area (Å²) in [6.45, 7) is 4.66. The van der Waals surface area contributed by atoms with Crippen LogP contribution in [0.15, 0.2) is 48.5 Å². The van der Waals surface area contributed by atoms with Gasteiger partial charge in [-0.3, -0.25) is 4.31 Å². The Labute approximate surface area is 125 Å². The molecule has 0 spiro atoms. The number of aryl methyl sites for hydroxylation is 1. The summed E-state index contributed by atoms with van der Waals surface area (Å²) in [6, 6.07) is 15.4. The molecule has 0 aromatic heterocycles. The van der Waals surface area contributed by atoms with Crippen LogP contribution in [0, 0.1) is 6.92 Å². The molecule has 0 saturated carbocycles. The van der Waals surface area contributed by atoms with Crippen molar-refractivity contribution in [3.63, 3.8) is 0 Å². The van der Waals surface area contributed by atoms with E-state index in [2.05, 4.69) is 0 Å². The molecule has 0 N–H and O–H groups in total. The predicted octanol–water partition coefficient (Wildman–Crippen LogP) is 3.09. The van der Waals surface area contributed by atoms with Gasteiger partial charge in [-0.2, -0.15) is 8.42 Å². The van der Waals surface area contributed by atoms with Crippen molar-refractivity contribution in [1.82, 2.24) is 0 Å². The van der Waals surface area contributed by atoms with Crippen molar-refractivity contribution in [3.8, 4) is 0 Å². The second kappa shape index (κ2) is 5.07. The maximum Gasteiger partial charge on any atom is 0.326 e. The summed E-state index contributed by atoms with van der Waals surface area (Å²) in [4.78, 5) is 0. The Balaban J connectivity index is 2.03. The van der Waals surface area contributed by atoms with Gasteiger partial charge < -0.3 is 0 Å².